The number of benzene rings is 2. The molecule has 1 unspecified atom stereocenters. The number of carbonyl (C=O) groups is 2. The lowest BCUT2D eigenvalue weighted by molar-refractivity contribution is -0.385. The van der Waals surface area contributed by atoms with E-state index < -0.39 is 28.6 Å². The summed E-state index contributed by atoms with van der Waals surface area (Å²) in [7, 11) is 0. The van der Waals surface area contributed by atoms with Crippen LogP contribution in [-0.2, 0) is 22.4 Å². The molecule has 150 valence electrons. The summed E-state index contributed by atoms with van der Waals surface area (Å²) >= 11 is 0. The van der Waals surface area contributed by atoms with E-state index in [0.717, 1.165) is 25.3 Å². The number of amides is 1. The molecule has 2 aromatic carbocycles. The van der Waals surface area contributed by atoms with Crippen LogP contribution in [0.3, 0.4) is 0 Å². The number of esters is 1. The van der Waals surface area contributed by atoms with Gasteiger partial charge >= 0.3 is 5.97 Å². The van der Waals surface area contributed by atoms with Crippen LogP contribution in [0.25, 0.3) is 0 Å². The van der Waals surface area contributed by atoms with Gasteiger partial charge in [-0.2, -0.15) is 0 Å². The lowest BCUT2D eigenvalue weighted by atomic mass is 10.1. The highest BCUT2D eigenvalue weighted by Crippen LogP contribution is 2.38. The minimum Gasteiger partial charge on any atom is -0.454 e. The Hall–Kier alpha value is -3.62. The van der Waals surface area contributed by atoms with Gasteiger partial charge in [-0.3, -0.25) is 14.9 Å². The number of ether oxygens (including phenoxy) is 3. The van der Waals surface area contributed by atoms with E-state index in [1.165, 1.54) is 24.1 Å². The van der Waals surface area contributed by atoms with Gasteiger partial charge in [0.15, 0.2) is 17.6 Å². The van der Waals surface area contributed by atoms with Crippen molar-refractivity contribution < 1.29 is 28.7 Å². The fourth-order valence-corrected chi connectivity index (χ4v) is 3.42. The normalized spacial score (nSPS) is 14.8. The molecule has 0 aromatic heterocycles. The Labute approximate surface area is 165 Å². The van der Waals surface area contributed by atoms with E-state index in [4.69, 9.17) is 14.2 Å². The first-order valence-corrected chi connectivity index (χ1v) is 9.14. The highest BCUT2D eigenvalue weighted by atomic mass is 16.7. The van der Waals surface area contributed by atoms with Crippen molar-refractivity contribution in [1.29, 1.82) is 0 Å². The maximum absolute atomic E-state index is 12.5. The van der Waals surface area contributed by atoms with Crippen LogP contribution < -0.4 is 14.8 Å². The number of anilines is 1. The highest BCUT2D eigenvalue weighted by molar-refractivity contribution is 5.99. The van der Waals surface area contributed by atoms with Gasteiger partial charge in [-0.1, -0.05) is 6.07 Å². The van der Waals surface area contributed by atoms with Gasteiger partial charge in [-0.25, -0.2) is 4.79 Å². The number of hydrogen-bond acceptors (Lipinski definition) is 7. The molecule has 0 bridgehead atoms. The summed E-state index contributed by atoms with van der Waals surface area (Å²) in [5.74, 6) is -1.14. The second kappa shape index (κ2) is 7.42. The molecule has 9 heteroatoms. The number of rotatable bonds is 5. The molecule has 1 aliphatic carbocycles. The van der Waals surface area contributed by atoms with Crippen LogP contribution in [0.15, 0.2) is 30.3 Å². The molecule has 9 nitrogen and oxygen atoms in total. The molecule has 1 heterocycles. The fourth-order valence-electron chi connectivity index (χ4n) is 3.42. The molecule has 0 saturated carbocycles. The molecule has 2 aromatic rings. The summed E-state index contributed by atoms with van der Waals surface area (Å²) in [4.78, 5) is 35.5. The highest BCUT2D eigenvalue weighted by Gasteiger charge is 2.30. The lowest BCUT2D eigenvalue weighted by Gasteiger charge is -2.14. The van der Waals surface area contributed by atoms with E-state index in [0.29, 0.717) is 5.69 Å². The molecule has 1 amide bonds. The third kappa shape index (κ3) is 3.71. The van der Waals surface area contributed by atoms with Gasteiger partial charge in [0.1, 0.15) is 5.56 Å². The molecule has 1 aliphatic heterocycles. The van der Waals surface area contributed by atoms with Crippen LogP contribution >= 0.6 is 0 Å². The van der Waals surface area contributed by atoms with Gasteiger partial charge in [0.25, 0.3) is 11.6 Å². The molecule has 0 spiro atoms. The molecular weight excluding hydrogens is 380 g/mol. The van der Waals surface area contributed by atoms with Crippen molar-refractivity contribution in [1.82, 2.24) is 0 Å². The zero-order valence-electron chi connectivity index (χ0n) is 15.6. The number of carbonyl (C=O) groups excluding carboxylic acids is 2. The van der Waals surface area contributed by atoms with E-state index in [1.54, 1.807) is 6.07 Å². The largest absolute Gasteiger partial charge is 0.454 e. The smallest absolute Gasteiger partial charge is 0.346 e. The first-order valence-electron chi connectivity index (χ1n) is 9.14. The Morgan fingerprint density at radius 2 is 1.86 bits per heavy atom. The summed E-state index contributed by atoms with van der Waals surface area (Å²) in [6, 6.07) is 7.99. The second-order valence-electron chi connectivity index (χ2n) is 6.85. The van der Waals surface area contributed by atoms with Crippen LogP contribution in [0, 0.1) is 10.1 Å². The number of hydrogen-bond donors (Lipinski definition) is 1. The number of nitro groups is 1. The van der Waals surface area contributed by atoms with Gasteiger partial charge in [0.2, 0.25) is 6.79 Å². The number of nitro benzene ring substituents is 1. The monoisotopic (exact) mass is 398 g/mol. The third-order valence-electron chi connectivity index (χ3n) is 4.93. The summed E-state index contributed by atoms with van der Waals surface area (Å²) in [5.41, 5.74) is 2.30. The zero-order valence-corrected chi connectivity index (χ0v) is 15.6. The quantitative estimate of drug-likeness (QED) is 0.467. The summed E-state index contributed by atoms with van der Waals surface area (Å²) in [6.07, 6.45) is 1.94. The maximum atomic E-state index is 12.5. The minimum atomic E-state index is -1.15. The Balaban J connectivity index is 1.47. The SMILES string of the molecule is CC(OC(=O)c1cc2c(cc1[N+](=O)[O-])OCO2)C(=O)Nc1ccc2c(c1)CCC2. The van der Waals surface area contributed by atoms with Crippen molar-refractivity contribution in [2.24, 2.45) is 0 Å². The van der Waals surface area contributed by atoms with Crippen molar-refractivity contribution >= 4 is 23.3 Å². The van der Waals surface area contributed by atoms with Crippen molar-refractivity contribution in [3.8, 4) is 11.5 Å². The van der Waals surface area contributed by atoms with Crippen molar-refractivity contribution in [2.45, 2.75) is 32.3 Å². The molecule has 4 rings (SSSR count). The number of nitrogens with zero attached hydrogens (tertiary/aromatic N) is 1. The standard InChI is InChI=1S/C20H18N2O7/c1-11(19(23)21-14-6-5-12-3-2-4-13(12)7-14)29-20(24)15-8-17-18(28-10-27-17)9-16(15)22(25)26/h5-9,11H,2-4,10H2,1H3,(H,21,23). The Morgan fingerprint density at radius 1 is 1.14 bits per heavy atom. The molecule has 1 atom stereocenters. The first-order chi connectivity index (χ1) is 13.9. The number of nitrogens with one attached hydrogen (secondary N) is 1. The predicted molar refractivity (Wildman–Crippen MR) is 101 cm³/mol. The summed E-state index contributed by atoms with van der Waals surface area (Å²) < 4.78 is 15.4. The van der Waals surface area contributed by atoms with E-state index >= 15 is 0 Å². The minimum absolute atomic E-state index is 0.0927. The average molecular weight is 398 g/mol. The van der Waals surface area contributed by atoms with Crippen molar-refractivity contribution in [2.75, 3.05) is 12.1 Å². The van der Waals surface area contributed by atoms with Gasteiger partial charge in [-0.15, -0.1) is 0 Å². The van der Waals surface area contributed by atoms with Crippen LogP contribution in [0.5, 0.6) is 11.5 Å². The molecule has 29 heavy (non-hydrogen) atoms. The summed E-state index contributed by atoms with van der Waals surface area (Å²) in [5, 5.41) is 14.0. The zero-order chi connectivity index (χ0) is 20.5. The third-order valence-corrected chi connectivity index (χ3v) is 4.93. The Kier molecular flexibility index (Phi) is 4.79. The van der Waals surface area contributed by atoms with Gasteiger partial charge in [0, 0.05) is 11.8 Å². The lowest BCUT2D eigenvalue weighted by Crippen LogP contribution is -2.30. The molecular formula is C20H18N2O7. The first kappa shape index (κ1) is 18.7. The second-order valence-corrected chi connectivity index (χ2v) is 6.85. The average Bonchev–Trinajstić information content (AvgIpc) is 3.34. The molecule has 2 aliphatic rings. The Bertz CT molecular complexity index is 1020. The van der Waals surface area contributed by atoms with Crippen LogP contribution in [-0.4, -0.2) is 29.7 Å². The van der Waals surface area contributed by atoms with E-state index in [-0.39, 0.29) is 23.9 Å². The van der Waals surface area contributed by atoms with Crippen molar-refractivity contribution in [3.63, 3.8) is 0 Å². The fraction of sp³-hybridized carbons (Fsp3) is 0.300. The van der Waals surface area contributed by atoms with Gasteiger partial charge < -0.3 is 19.5 Å². The number of fused-ring (bicyclic) bond motifs is 2. The summed E-state index contributed by atoms with van der Waals surface area (Å²) in [6.45, 7) is 1.31. The Morgan fingerprint density at radius 3 is 2.62 bits per heavy atom. The van der Waals surface area contributed by atoms with Gasteiger partial charge in [0.05, 0.1) is 11.0 Å². The van der Waals surface area contributed by atoms with Crippen LogP contribution in [0.1, 0.15) is 34.8 Å². The van der Waals surface area contributed by atoms with Crippen LogP contribution in [0.2, 0.25) is 0 Å². The van der Waals surface area contributed by atoms with Crippen molar-refractivity contribution in [3.05, 3.63) is 57.1 Å². The number of aryl methyl sites for hydroxylation is 2. The molecule has 0 radical (unpaired) electrons. The van der Waals surface area contributed by atoms with Crippen LogP contribution in [0.4, 0.5) is 11.4 Å². The van der Waals surface area contributed by atoms with E-state index in [2.05, 4.69) is 5.32 Å². The molecule has 0 saturated heterocycles. The maximum Gasteiger partial charge on any atom is 0.346 e. The molecule has 1 N–H and O–H groups in total. The van der Waals surface area contributed by atoms with E-state index in [1.807, 2.05) is 12.1 Å². The van der Waals surface area contributed by atoms with Gasteiger partial charge in [-0.05, 0) is 49.4 Å². The molecule has 0 fully saturated rings. The van der Waals surface area contributed by atoms with E-state index in [9.17, 15) is 19.7 Å². The topological polar surface area (TPSA) is 117 Å². The predicted octanol–water partition coefficient (Wildman–Crippen LogP) is 3.00.